The summed E-state index contributed by atoms with van der Waals surface area (Å²) < 4.78 is 0. The Morgan fingerprint density at radius 1 is 1.26 bits per heavy atom. The van der Waals surface area contributed by atoms with Crippen molar-refractivity contribution < 1.29 is 4.79 Å². The SMILES string of the molecule is CCC(NC(=O)/C(C#N)=C\N1CC2(C)CC1CC(C)(C)C2)c1ccc2c(c1)CCCC2. The van der Waals surface area contributed by atoms with Crippen LogP contribution in [-0.4, -0.2) is 23.4 Å². The minimum atomic E-state index is -0.252. The summed E-state index contributed by atoms with van der Waals surface area (Å²) in [5.74, 6) is -0.252. The Kier molecular flexibility index (Phi) is 5.90. The fourth-order valence-corrected chi connectivity index (χ4v) is 6.59. The zero-order valence-corrected chi connectivity index (χ0v) is 19.6. The molecule has 1 aromatic rings. The van der Waals surface area contributed by atoms with Gasteiger partial charge in [0.1, 0.15) is 11.6 Å². The first kappa shape index (κ1) is 21.9. The van der Waals surface area contributed by atoms with Crippen LogP contribution in [-0.2, 0) is 17.6 Å². The molecule has 4 heteroatoms. The van der Waals surface area contributed by atoms with Crippen molar-refractivity contribution in [2.75, 3.05) is 6.54 Å². The van der Waals surface area contributed by atoms with E-state index >= 15 is 0 Å². The van der Waals surface area contributed by atoms with Crippen molar-refractivity contribution in [2.24, 2.45) is 10.8 Å². The minimum absolute atomic E-state index is 0.0641. The predicted molar refractivity (Wildman–Crippen MR) is 124 cm³/mol. The number of carbonyl (C=O) groups is 1. The summed E-state index contributed by atoms with van der Waals surface area (Å²) in [5, 5.41) is 12.9. The number of nitrogens with zero attached hydrogens (tertiary/aromatic N) is 2. The molecule has 1 aromatic carbocycles. The van der Waals surface area contributed by atoms with Crippen LogP contribution in [0.3, 0.4) is 0 Å². The molecular formula is C27H37N3O. The highest BCUT2D eigenvalue weighted by Gasteiger charge is 2.49. The fraction of sp³-hybridized carbons (Fsp3) is 0.630. The molecule has 1 heterocycles. The van der Waals surface area contributed by atoms with Gasteiger partial charge in [0, 0.05) is 18.8 Å². The standard InChI is InChI=1S/C27H37N3O/c1-5-24(21-11-10-19-8-6-7-9-20(19)12-21)29-25(31)22(15-28)16-30-18-27(4)14-23(30)13-26(2,3)17-27/h10-12,16,23-24H,5-9,13-14,17-18H2,1-4H3,(H,29,31)/b22-16-. The van der Waals surface area contributed by atoms with Gasteiger partial charge < -0.3 is 10.2 Å². The van der Waals surface area contributed by atoms with Gasteiger partial charge >= 0.3 is 0 Å². The Balaban J connectivity index is 1.49. The zero-order valence-electron chi connectivity index (χ0n) is 19.6. The van der Waals surface area contributed by atoms with Gasteiger partial charge in [-0.1, -0.05) is 45.9 Å². The molecule has 1 saturated heterocycles. The number of carbonyl (C=O) groups excluding carboxylic acids is 1. The first-order valence-electron chi connectivity index (χ1n) is 12.0. The maximum absolute atomic E-state index is 13.1. The van der Waals surface area contributed by atoms with Gasteiger partial charge in [-0.05, 0) is 78.9 Å². The van der Waals surface area contributed by atoms with Crippen LogP contribution in [0.2, 0.25) is 0 Å². The molecule has 0 radical (unpaired) electrons. The molecule has 2 fully saturated rings. The summed E-state index contributed by atoms with van der Waals surface area (Å²) in [6, 6.07) is 9.19. The van der Waals surface area contributed by atoms with E-state index in [1.165, 1.54) is 30.4 Å². The topological polar surface area (TPSA) is 56.1 Å². The van der Waals surface area contributed by atoms with Crippen LogP contribution < -0.4 is 5.32 Å². The maximum atomic E-state index is 13.1. The van der Waals surface area contributed by atoms with E-state index in [9.17, 15) is 10.1 Å². The number of amides is 1. The van der Waals surface area contributed by atoms with Crippen LogP contribution in [0.4, 0.5) is 0 Å². The number of likely N-dealkylation sites (tertiary alicyclic amines) is 1. The second-order valence-corrected chi connectivity index (χ2v) is 11.2. The Labute approximate surface area is 187 Å². The van der Waals surface area contributed by atoms with Crippen molar-refractivity contribution in [3.63, 3.8) is 0 Å². The Bertz CT molecular complexity index is 925. The van der Waals surface area contributed by atoms with Crippen LogP contribution in [0.15, 0.2) is 30.0 Å². The van der Waals surface area contributed by atoms with Crippen molar-refractivity contribution in [1.82, 2.24) is 10.2 Å². The Morgan fingerprint density at radius 2 is 2.00 bits per heavy atom. The van der Waals surface area contributed by atoms with Gasteiger partial charge in [-0.15, -0.1) is 0 Å². The average molecular weight is 420 g/mol. The molecular weight excluding hydrogens is 382 g/mol. The first-order valence-corrected chi connectivity index (χ1v) is 12.0. The second-order valence-electron chi connectivity index (χ2n) is 11.2. The summed E-state index contributed by atoms with van der Waals surface area (Å²) in [6.45, 7) is 10.1. The van der Waals surface area contributed by atoms with Gasteiger partial charge in [0.15, 0.2) is 0 Å². The number of nitriles is 1. The number of aryl methyl sites for hydroxylation is 2. The number of benzene rings is 1. The molecule has 4 rings (SSSR count). The summed E-state index contributed by atoms with van der Waals surface area (Å²) in [5.41, 5.74) is 4.84. The lowest BCUT2D eigenvalue weighted by atomic mass is 9.65. The summed E-state index contributed by atoms with van der Waals surface area (Å²) in [4.78, 5) is 15.3. The second kappa shape index (κ2) is 8.34. The van der Waals surface area contributed by atoms with E-state index in [0.29, 0.717) is 11.5 Å². The predicted octanol–water partition coefficient (Wildman–Crippen LogP) is 5.44. The van der Waals surface area contributed by atoms with E-state index < -0.39 is 0 Å². The lowest BCUT2D eigenvalue weighted by molar-refractivity contribution is -0.117. The molecule has 0 aromatic heterocycles. The van der Waals surface area contributed by atoms with Crippen molar-refractivity contribution in [2.45, 2.75) is 91.1 Å². The summed E-state index contributed by atoms with van der Waals surface area (Å²) >= 11 is 0. The molecule has 3 aliphatic rings. The number of hydrogen-bond acceptors (Lipinski definition) is 3. The highest BCUT2D eigenvalue weighted by atomic mass is 16.1. The van der Waals surface area contributed by atoms with Gasteiger partial charge in [-0.3, -0.25) is 4.79 Å². The van der Waals surface area contributed by atoms with Crippen LogP contribution in [0.5, 0.6) is 0 Å². The molecule has 3 unspecified atom stereocenters. The van der Waals surface area contributed by atoms with Gasteiger partial charge in [-0.2, -0.15) is 5.26 Å². The van der Waals surface area contributed by atoms with E-state index in [1.54, 1.807) is 0 Å². The normalized spacial score (nSPS) is 27.9. The third-order valence-electron chi connectivity index (χ3n) is 7.60. The van der Waals surface area contributed by atoms with Gasteiger partial charge in [0.25, 0.3) is 5.91 Å². The smallest absolute Gasteiger partial charge is 0.263 e. The van der Waals surface area contributed by atoms with E-state index in [0.717, 1.165) is 44.2 Å². The molecule has 1 amide bonds. The van der Waals surface area contributed by atoms with Crippen molar-refractivity contribution >= 4 is 5.91 Å². The lowest BCUT2D eigenvalue weighted by Crippen LogP contribution is -2.34. The van der Waals surface area contributed by atoms with Crippen LogP contribution in [0.25, 0.3) is 0 Å². The van der Waals surface area contributed by atoms with Crippen LogP contribution in [0, 0.1) is 22.2 Å². The van der Waals surface area contributed by atoms with Gasteiger partial charge in [-0.25, -0.2) is 0 Å². The summed E-state index contributed by atoms with van der Waals surface area (Å²) in [6.07, 6.45) is 10.9. The molecule has 0 spiro atoms. The molecule has 3 atom stereocenters. The Hall–Kier alpha value is -2.28. The minimum Gasteiger partial charge on any atom is -0.373 e. The van der Waals surface area contributed by atoms with Crippen molar-refractivity contribution in [1.29, 1.82) is 5.26 Å². The monoisotopic (exact) mass is 419 g/mol. The molecule has 166 valence electrons. The number of hydrogen-bond donors (Lipinski definition) is 1. The molecule has 1 saturated carbocycles. The highest BCUT2D eigenvalue weighted by Crippen LogP contribution is 2.52. The maximum Gasteiger partial charge on any atom is 0.263 e. The molecule has 2 bridgehead atoms. The lowest BCUT2D eigenvalue weighted by Gasteiger charge is -2.39. The van der Waals surface area contributed by atoms with Crippen LogP contribution in [0.1, 0.15) is 89.0 Å². The third-order valence-corrected chi connectivity index (χ3v) is 7.60. The zero-order chi connectivity index (χ0) is 22.2. The third kappa shape index (κ3) is 4.66. The number of fused-ring (bicyclic) bond motifs is 3. The number of nitrogens with one attached hydrogen (secondary N) is 1. The quantitative estimate of drug-likeness (QED) is 0.511. The van der Waals surface area contributed by atoms with E-state index in [-0.39, 0.29) is 22.9 Å². The van der Waals surface area contributed by atoms with Crippen LogP contribution >= 0.6 is 0 Å². The Morgan fingerprint density at radius 3 is 2.71 bits per heavy atom. The van der Waals surface area contributed by atoms with E-state index in [2.05, 4.69) is 62.2 Å². The largest absolute Gasteiger partial charge is 0.373 e. The number of rotatable bonds is 5. The van der Waals surface area contributed by atoms with E-state index in [4.69, 9.17) is 0 Å². The molecule has 31 heavy (non-hydrogen) atoms. The molecule has 4 nitrogen and oxygen atoms in total. The molecule has 1 N–H and O–H groups in total. The first-order chi connectivity index (χ1) is 14.7. The fourth-order valence-electron chi connectivity index (χ4n) is 6.59. The van der Waals surface area contributed by atoms with Gasteiger partial charge in [0.05, 0.1) is 6.04 Å². The van der Waals surface area contributed by atoms with Gasteiger partial charge in [0.2, 0.25) is 0 Å². The molecule has 1 aliphatic heterocycles. The van der Waals surface area contributed by atoms with Crippen molar-refractivity contribution in [3.8, 4) is 6.07 Å². The summed E-state index contributed by atoms with van der Waals surface area (Å²) in [7, 11) is 0. The average Bonchev–Trinajstić information content (AvgIpc) is 2.97. The molecule has 2 aliphatic carbocycles. The van der Waals surface area contributed by atoms with E-state index in [1.807, 2.05) is 6.20 Å². The highest BCUT2D eigenvalue weighted by molar-refractivity contribution is 5.97. The van der Waals surface area contributed by atoms with Crippen molar-refractivity contribution in [3.05, 3.63) is 46.7 Å².